The summed E-state index contributed by atoms with van der Waals surface area (Å²) in [6.07, 6.45) is 0.0393. The van der Waals surface area contributed by atoms with Gasteiger partial charge in [0.05, 0.1) is 14.2 Å². The van der Waals surface area contributed by atoms with E-state index in [1.54, 1.807) is 6.07 Å². The van der Waals surface area contributed by atoms with Gasteiger partial charge in [0, 0.05) is 38.7 Å². The van der Waals surface area contributed by atoms with Crippen LogP contribution in [0.4, 0.5) is 0 Å². The lowest BCUT2D eigenvalue weighted by atomic mass is 10.1. The van der Waals surface area contributed by atoms with Crippen molar-refractivity contribution >= 4 is 21.9 Å². The molecule has 1 aromatic carbocycles. The number of amides is 1. The lowest BCUT2D eigenvalue weighted by Gasteiger charge is -2.34. The average molecular weight is 415 g/mol. The molecule has 0 unspecified atom stereocenters. The molecule has 0 saturated carbocycles. The molecule has 2 rings (SSSR count). The van der Waals surface area contributed by atoms with Crippen LogP contribution in [0.3, 0.4) is 0 Å². The van der Waals surface area contributed by atoms with Crippen molar-refractivity contribution < 1.29 is 32.6 Å². The van der Waals surface area contributed by atoms with Gasteiger partial charge in [0.1, 0.15) is 22.4 Å². The maximum Gasteiger partial charge on any atom is 0.320 e. The van der Waals surface area contributed by atoms with Crippen LogP contribution in [0.1, 0.15) is 12.8 Å². The van der Waals surface area contributed by atoms with E-state index in [1.165, 1.54) is 35.6 Å². The Morgan fingerprint density at radius 1 is 1.18 bits per heavy atom. The predicted molar refractivity (Wildman–Crippen MR) is 99.7 cm³/mol. The fraction of sp³-hybridized carbons (Fsp3) is 0.529. The van der Waals surface area contributed by atoms with Gasteiger partial charge in [0.15, 0.2) is 0 Å². The fourth-order valence-electron chi connectivity index (χ4n) is 2.86. The highest BCUT2D eigenvalue weighted by Gasteiger charge is 2.32. The first-order chi connectivity index (χ1) is 13.2. The van der Waals surface area contributed by atoms with E-state index < -0.39 is 22.0 Å². The summed E-state index contributed by atoms with van der Waals surface area (Å²) in [5, 5.41) is 8.78. The topological polar surface area (TPSA) is 139 Å². The van der Waals surface area contributed by atoms with Crippen molar-refractivity contribution in [2.24, 2.45) is 5.73 Å². The van der Waals surface area contributed by atoms with Gasteiger partial charge in [-0.15, -0.1) is 0 Å². The molecule has 0 aromatic heterocycles. The molecule has 0 spiro atoms. The number of hydrogen-bond acceptors (Lipinski definition) is 7. The number of aliphatic carboxylic acids is 1. The molecule has 1 aliphatic heterocycles. The van der Waals surface area contributed by atoms with Crippen LogP contribution >= 0.6 is 0 Å². The van der Waals surface area contributed by atoms with Crippen LogP contribution < -0.4 is 15.2 Å². The van der Waals surface area contributed by atoms with Crippen LogP contribution in [0.25, 0.3) is 0 Å². The Morgan fingerprint density at radius 2 is 1.82 bits per heavy atom. The predicted octanol–water partition coefficient (Wildman–Crippen LogP) is -0.271. The molecule has 28 heavy (non-hydrogen) atoms. The van der Waals surface area contributed by atoms with Gasteiger partial charge in [-0.05, 0) is 18.6 Å². The Kier molecular flexibility index (Phi) is 7.22. The van der Waals surface area contributed by atoms with Gasteiger partial charge in [0.2, 0.25) is 15.9 Å². The second-order valence-electron chi connectivity index (χ2n) is 6.29. The van der Waals surface area contributed by atoms with E-state index in [-0.39, 0.29) is 55.6 Å². The summed E-state index contributed by atoms with van der Waals surface area (Å²) in [6, 6.07) is 3.44. The van der Waals surface area contributed by atoms with Crippen molar-refractivity contribution in [3.05, 3.63) is 18.2 Å². The zero-order valence-corrected chi connectivity index (χ0v) is 16.6. The zero-order chi connectivity index (χ0) is 20.9. The maximum atomic E-state index is 13.0. The van der Waals surface area contributed by atoms with Gasteiger partial charge < -0.3 is 25.2 Å². The number of rotatable bonds is 8. The van der Waals surface area contributed by atoms with Crippen molar-refractivity contribution in [3.8, 4) is 11.5 Å². The highest BCUT2D eigenvalue weighted by Crippen LogP contribution is 2.31. The minimum Gasteiger partial charge on any atom is -0.497 e. The smallest absolute Gasteiger partial charge is 0.320 e. The lowest BCUT2D eigenvalue weighted by Crippen LogP contribution is -2.50. The summed E-state index contributed by atoms with van der Waals surface area (Å²) in [5.74, 6) is -0.798. The first kappa shape index (κ1) is 21.9. The van der Waals surface area contributed by atoms with E-state index in [1.807, 2.05) is 0 Å². The van der Waals surface area contributed by atoms with E-state index in [0.717, 1.165) is 0 Å². The van der Waals surface area contributed by atoms with E-state index in [2.05, 4.69) is 0 Å². The zero-order valence-electron chi connectivity index (χ0n) is 15.8. The van der Waals surface area contributed by atoms with Crippen LogP contribution in [0.15, 0.2) is 23.1 Å². The Labute approximate surface area is 163 Å². The maximum absolute atomic E-state index is 13.0. The van der Waals surface area contributed by atoms with Crippen LogP contribution in [0.5, 0.6) is 11.5 Å². The molecular weight excluding hydrogens is 390 g/mol. The Bertz CT molecular complexity index is 820. The molecule has 1 aromatic rings. The Hall–Kier alpha value is -2.37. The number of ether oxygens (including phenoxy) is 2. The first-order valence-electron chi connectivity index (χ1n) is 8.69. The third-order valence-electron chi connectivity index (χ3n) is 4.57. The summed E-state index contributed by atoms with van der Waals surface area (Å²) in [6.45, 7) is 0.679. The number of hydrogen-bond donors (Lipinski definition) is 2. The normalized spacial score (nSPS) is 16.5. The molecule has 156 valence electrons. The molecule has 0 aliphatic carbocycles. The highest BCUT2D eigenvalue weighted by molar-refractivity contribution is 7.89. The van der Waals surface area contributed by atoms with Gasteiger partial charge in [-0.3, -0.25) is 9.59 Å². The van der Waals surface area contributed by atoms with Crippen molar-refractivity contribution in [2.45, 2.75) is 23.8 Å². The average Bonchev–Trinajstić information content (AvgIpc) is 2.71. The molecule has 1 saturated heterocycles. The summed E-state index contributed by atoms with van der Waals surface area (Å²) in [5.41, 5.74) is 5.41. The molecular formula is C17H25N3O7S. The van der Waals surface area contributed by atoms with Crippen molar-refractivity contribution in [1.29, 1.82) is 0 Å². The molecule has 0 bridgehead atoms. The second-order valence-corrected chi connectivity index (χ2v) is 8.19. The third kappa shape index (κ3) is 4.91. The molecule has 1 fully saturated rings. The van der Waals surface area contributed by atoms with Crippen LogP contribution in [0, 0.1) is 0 Å². The molecule has 1 atom stereocenters. The minimum absolute atomic E-state index is 0.00144. The van der Waals surface area contributed by atoms with Gasteiger partial charge >= 0.3 is 5.97 Å². The number of sulfonamides is 1. The number of methoxy groups -OCH3 is 2. The number of piperazine rings is 1. The summed E-state index contributed by atoms with van der Waals surface area (Å²) < 4.78 is 37.6. The van der Waals surface area contributed by atoms with E-state index >= 15 is 0 Å². The van der Waals surface area contributed by atoms with Gasteiger partial charge in [-0.25, -0.2) is 8.42 Å². The van der Waals surface area contributed by atoms with Crippen molar-refractivity contribution in [2.75, 3.05) is 40.4 Å². The molecule has 11 heteroatoms. The molecule has 0 radical (unpaired) electrons. The van der Waals surface area contributed by atoms with Crippen LogP contribution in [-0.4, -0.2) is 81.0 Å². The highest BCUT2D eigenvalue weighted by atomic mass is 32.2. The number of benzene rings is 1. The number of nitrogens with two attached hydrogens (primary N) is 1. The minimum atomic E-state index is -3.83. The molecule has 1 aliphatic rings. The summed E-state index contributed by atoms with van der Waals surface area (Å²) in [4.78, 5) is 24.5. The Balaban J connectivity index is 2.04. The third-order valence-corrected chi connectivity index (χ3v) is 6.49. The second kappa shape index (κ2) is 9.22. The molecule has 10 nitrogen and oxygen atoms in total. The number of carbonyl (C=O) groups is 2. The number of carboxylic acid groups (broad SMARTS) is 1. The number of carboxylic acids is 1. The molecule has 1 heterocycles. The van der Waals surface area contributed by atoms with Gasteiger partial charge in [0.25, 0.3) is 0 Å². The summed E-state index contributed by atoms with van der Waals surface area (Å²) >= 11 is 0. The standard InChI is InChI=1S/C17H25N3O7S/c1-26-12-3-5-14(27-2)15(11-12)28(24,25)20-9-7-19(8-10-20)16(21)6-4-13(18)17(22)23/h3,5,11,13H,4,6-10,18H2,1-2H3,(H,22,23)/t13-/m0/s1. The van der Waals surface area contributed by atoms with Crippen molar-refractivity contribution in [3.63, 3.8) is 0 Å². The number of nitrogens with zero attached hydrogens (tertiary/aromatic N) is 2. The fourth-order valence-corrected chi connectivity index (χ4v) is 4.46. The van der Waals surface area contributed by atoms with E-state index in [4.69, 9.17) is 20.3 Å². The molecule has 3 N–H and O–H groups in total. The van der Waals surface area contributed by atoms with Crippen molar-refractivity contribution in [1.82, 2.24) is 9.21 Å². The van der Waals surface area contributed by atoms with Crippen LogP contribution in [0.2, 0.25) is 0 Å². The SMILES string of the molecule is COc1ccc(OC)c(S(=O)(=O)N2CCN(C(=O)CC[C@H](N)C(=O)O)CC2)c1. The first-order valence-corrected chi connectivity index (χ1v) is 10.1. The monoisotopic (exact) mass is 415 g/mol. The van der Waals surface area contributed by atoms with E-state index in [9.17, 15) is 18.0 Å². The molecule has 1 amide bonds. The van der Waals surface area contributed by atoms with Gasteiger partial charge in [-0.1, -0.05) is 0 Å². The quantitative estimate of drug-likeness (QED) is 0.591. The van der Waals surface area contributed by atoms with Crippen LogP contribution in [-0.2, 0) is 19.6 Å². The van der Waals surface area contributed by atoms with Gasteiger partial charge in [-0.2, -0.15) is 4.31 Å². The Morgan fingerprint density at radius 3 is 2.36 bits per heavy atom. The largest absolute Gasteiger partial charge is 0.497 e. The number of carbonyl (C=O) groups excluding carboxylic acids is 1. The lowest BCUT2D eigenvalue weighted by molar-refractivity contribution is -0.139. The van der Waals surface area contributed by atoms with E-state index in [0.29, 0.717) is 5.75 Å². The summed E-state index contributed by atoms with van der Waals surface area (Å²) in [7, 11) is -0.999.